The van der Waals surface area contributed by atoms with E-state index in [1.54, 1.807) is 37.4 Å². The van der Waals surface area contributed by atoms with Gasteiger partial charge < -0.3 is 15.5 Å². The van der Waals surface area contributed by atoms with Gasteiger partial charge in [-0.2, -0.15) is 0 Å². The fourth-order valence-corrected chi connectivity index (χ4v) is 4.35. The van der Waals surface area contributed by atoms with Crippen LogP contribution in [0, 0.1) is 0 Å². The Hall–Kier alpha value is -2.14. The van der Waals surface area contributed by atoms with Crippen molar-refractivity contribution in [2.75, 3.05) is 30.8 Å². The largest absolute Gasteiger partial charge is 0.355 e. The molecule has 0 bridgehead atoms. The van der Waals surface area contributed by atoms with Crippen LogP contribution in [0.25, 0.3) is 0 Å². The molecule has 1 amide bonds. The van der Waals surface area contributed by atoms with Crippen molar-refractivity contribution in [2.24, 2.45) is 4.99 Å². The molecule has 0 spiro atoms. The summed E-state index contributed by atoms with van der Waals surface area (Å²) >= 11 is 0. The first-order chi connectivity index (χ1) is 14.0. The molecule has 1 heterocycles. The number of benzene rings is 2. The lowest BCUT2D eigenvalue weighted by Crippen LogP contribution is -2.39. The number of hydrogen-bond acceptors (Lipinski definition) is 4. The first kappa shape index (κ1) is 24.1. The number of nitrogens with zero attached hydrogens (tertiary/aromatic N) is 2. The Morgan fingerprint density at radius 3 is 2.37 bits per heavy atom. The number of halogens is 1. The van der Waals surface area contributed by atoms with Crippen molar-refractivity contribution in [3.8, 4) is 0 Å². The molecule has 30 heavy (non-hydrogen) atoms. The highest BCUT2D eigenvalue weighted by Crippen LogP contribution is 2.21. The van der Waals surface area contributed by atoms with Gasteiger partial charge in [0.25, 0.3) is 0 Å². The number of amides is 1. The lowest BCUT2D eigenvalue weighted by atomic mass is 10.2. The van der Waals surface area contributed by atoms with Crippen LogP contribution >= 0.6 is 24.0 Å². The van der Waals surface area contributed by atoms with Crippen LogP contribution in [0.1, 0.15) is 18.4 Å². The average molecular weight is 542 g/mol. The molecule has 1 aliphatic rings. The fourth-order valence-electron chi connectivity index (χ4n) is 3.17. The third-order valence-electron chi connectivity index (χ3n) is 4.77. The lowest BCUT2D eigenvalue weighted by molar-refractivity contribution is -0.117. The molecule has 0 atom stereocenters. The van der Waals surface area contributed by atoms with Gasteiger partial charge >= 0.3 is 0 Å². The number of sulfone groups is 1. The second-order valence-corrected chi connectivity index (χ2v) is 8.91. The van der Waals surface area contributed by atoms with Crippen LogP contribution < -0.4 is 15.5 Å². The van der Waals surface area contributed by atoms with Crippen LogP contribution in [0.4, 0.5) is 5.69 Å². The molecule has 7 nitrogen and oxygen atoms in total. The highest BCUT2D eigenvalue weighted by Gasteiger charge is 2.21. The molecule has 2 aromatic rings. The van der Waals surface area contributed by atoms with E-state index in [1.165, 1.54) is 0 Å². The molecule has 0 unspecified atom stereocenters. The Labute approximate surface area is 194 Å². The van der Waals surface area contributed by atoms with Gasteiger partial charge in [0.05, 0.1) is 10.6 Å². The Balaban J connectivity index is 0.00000320. The second-order valence-electron chi connectivity index (χ2n) is 6.80. The quantitative estimate of drug-likeness (QED) is 0.319. The van der Waals surface area contributed by atoms with E-state index in [1.807, 2.05) is 29.2 Å². The number of anilines is 1. The standard InChI is InChI=1S/C21H26N4O3S.HI/c1-22-21(23-13-15-29(27,28)19-6-3-2-4-7-19)24-16-17-9-11-18(12-10-17)25-14-5-8-20(25)26;/h2-4,6-7,9-12H,5,8,13-16H2,1H3,(H2,22,23,24);1H. The fraction of sp³-hybridized carbons (Fsp3) is 0.333. The summed E-state index contributed by atoms with van der Waals surface area (Å²) in [7, 11) is -1.68. The number of aliphatic imine (C=N–C) groups is 1. The highest BCUT2D eigenvalue weighted by molar-refractivity contribution is 14.0. The molecular weight excluding hydrogens is 515 g/mol. The third kappa shape index (κ3) is 6.43. The first-order valence-corrected chi connectivity index (χ1v) is 11.3. The topological polar surface area (TPSA) is 90.9 Å². The van der Waals surface area contributed by atoms with E-state index in [0.29, 0.717) is 23.8 Å². The molecule has 1 saturated heterocycles. The SMILES string of the molecule is CN=C(NCCS(=O)(=O)c1ccccc1)NCc1ccc(N2CCCC2=O)cc1.I. The van der Waals surface area contributed by atoms with Crippen LogP contribution in [-0.4, -0.2) is 46.2 Å². The van der Waals surface area contributed by atoms with E-state index in [9.17, 15) is 13.2 Å². The van der Waals surface area contributed by atoms with E-state index in [-0.39, 0.29) is 42.2 Å². The van der Waals surface area contributed by atoms with Crippen molar-refractivity contribution in [3.05, 3.63) is 60.2 Å². The van der Waals surface area contributed by atoms with Gasteiger partial charge in [-0.15, -0.1) is 24.0 Å². The van der Waals surface area contributed by atoms with Crippen LogP contribution in [0.2, 0.25) is 0 Å². The van der Waals surface area contributed by atoms with Gasteiger partial charge in [0.1, 0.15) is 0 Å². The van der Waals surface area contributed by atoms with Gasteiger partial charge in [-0.05, 0) is 36.2 Å². The molecule has 1 fully saturated rings. The monoisotopic (exact) mass is 542 g/mol. The number of rotatable bonds is 7. The number of hydrogen-bond donors (Lipinski definition) is 2. The van der Waals surface area contributed by atoms with Gasteiger partial charge in [-0.25, -0.2) is 8.42 Å². The molecule has 0 radical (unpaired) electrons. The summed E-state index contributed by atoms with van der Waals surface area (Å²) in [5.41, 5.74) is 1.96. The van der Waals surface area contributed by atoms with Crippen molar-refractivity contribution in [1.29, 1.82) is 0 Å². The number of carbonyl (C=O) groups is 1. The van der Waals surface area contributed by atoms with Gasteiger partial charge in [-0.1, -0.05) is 30.3 Å². The molecule has 3 rings (SSSR count). The normalized spacial score (nSPS) is 14.4. The molecule has 162 valence electrons. The molecule has 2 aromatic carbocycles. The summed E-state index contributed by atoms with van der Waals surface area (Å²) in [5, 5.41) is 6.21. The molecule has 9 heteroatoms. The van der Waals surface area contributed by atoms with Crippen LogP contribution in [0.3, 0.4) is 0 Å². The summed E-state index contributed by atoms with van der Waals surface area (Å²) in [6.07, 6.45) is 1.52. The molecule has 0 saturated carbocycles. The molecular formula is C21H27IN4O3S. The smallest absolute Gasteiger partial charge is 0.227 e. The summed E-state index contributed by atoms with van der Waals surface area (Å²) in [5.74, 6) is 0.689. The summed E-state index contributed by atoms with van der Waals surface area (Å²) in [6.45, 7) is 1.57. The number of guanidine groups is 1. The highest BCUT2D eigenvalue weighted by atomic mass is 127. The van der Waals surface area contributed by atoms with Gasteiger partial charge in [0.2, 0.25) is 5.91 Å². The molecule has 0 aliphatic carbocycles. The predicted molar refractivity (Wildman–Crippen MR) is 130 cm³/mol. The molecule has 1 aliphatic heterocycles. The Morgan fingerprint density at radius 2 is 1.77 bits per heavy atom. The van der Waals surface area contributed by atoms with Crippen molar-refractivity contribution < 1.29 is 13.2 Å². The number of carbonyl (C=O) groups excluding carboxylic acids is 1. The molecule has 0 aromatic heterocycles. The van der Waals surface area contributed by atoms with E-state index in [4.69, 9.17) is 0 Å². The predicted octanol–water partition coefficient (Wildman–Crippen LogP) is 2.57. The Morgan fingerprint density at radius 1 is 1.07 bits per heavy atom. The second kappa shape index (κ2) is 11.3. The van der Waals surface area contributed by atoms with Crippen molar-refractivity contribution in [1.82, 2.24) is 10.6 Å². The zero-order valence-corrected chi connectivity index (χ0v) is 20.0. The van der Waals surface area contributed by atoms with Crippen LogP contribution in [-0.2, 0) is 21.2 Å². The minimum Gasteiger partial charge on any atom is -0.355 e. The van der Waals surface area contributed by atoms with E-state index >= 15 is 0 Å². The van der Waals surface area contributed by atoms with Crippen LogP contribution in [0.5, 0.6) is 0 Å². The molecule has 2 N–H and O–H groups in total. The van der Waals surface area contributed by atoms with E-state index < -0.39 is 9.84 Å². The van der Waals surface area contributed by atoms with Gasteiger partial charge in [0.15, 0.2) is 15.8 Å². The summed E-state index contributed by atoms with van der Waals surface area (Å²) in [6, 6.07) is 16.3. The first-order valence-electron chi connectivity index (χ1n) is 9.61. The van der Waals surface area contributed by atoms with Gasteiger partial charge in [-0.3, -0.25) is 9.79 Å². The summed E-state index contributed by atoms with van der Waals surface area (Å²) < 4.78 is 24.6. The average Bonchev–Trinajstić information content (AvgIpc) is 3.17. The summed E-state index contributed by atoms with van der Waals surface area (Å²) in [4.78, 5) is 18.1. The maximum Gasteiger partial charge on any atom is 0.227 e. The zero-order chi connectivity index (χ0) is 20.7. The Kier molecular flexibility index (Phi) is 9.09. The maximum atomic E-state index is 12.3. The van der Waals surface area contributed by atoms with Crippen molar-refractivity contribution in [2.45, 2.75) is 24.3 Å². The van der Waals surface area contributed by atoms with E-state index in [0.717, 1.165) is 24.2 Å². The zero-order valence-electron chi connectivity index (χ0n) is 16.9. The minimum absolute atomic E-state index is 0. The maximum absolute atomic E-state index is 12.3. The van der Waals surface area contributed by atoms with Gasteiger partial charge in [0, 0.05) is 38.8 Å². The number of nitrogens with one attached hydrogen (secondary N) is 2. The van der Waals surface area contributed by atoms with Crippen LogP contribution in [0.15, 0.2) is 64.5 Å². The minimum atomic E-state index is -3.33. The van der Waals surface area contributed by atoms with E-state index in [2.05, 4.69) is 15.6 Å². The van der Waals surface area contributed by atoms with Crippen molar-refractivity contribution in [3.63, 3.8) is 0 Å². The lowest BCUT2D eigenvalue weighted by Gasteiger charge is -2.16. The Bertz CT molecular complexity index is 964. The van der Waals surface area contributed by atoms with Crippen molar-refractivity contribution >= 4 is 51.4 Å². The third-order valence-corrected chi connectivity index (χ3v) is 6.50.